The van der Waals surface area contributed by atoms with E-state index in [2.05, 4.69) is 32.7 Å². The van der Waals surface area contributed by atoms with E-state index in [9.17, 15) is 4.79 Å². The normalized spacial score (nSPS) is 14.2. The number of para-hydroxylation sites is 1. The van der Waals surface area contributed by atoms with Gasteiger partial charge in [-0.05, 0) is 18.1 Å². The summed E-state index contributed by atoms with van der Waals surface area (Å²) in [5.41, 5.74) is 2.35. The van der Waals surface area contributed by atoms with E-state index in [1.165, 1.54) is 10.9 Å². The fourth-order valence-electron chi connectivity index (χ4n) is 2.28. The molecule has 0 saturated carbocycles. The van der Waals surface area contributed by atoms with E-state index in [0.29, 0.717) is 18.9 Å². The van der Waals surface area contributed by atoms with Gasteiger partial charge in [-0.3, -0.25) is 9.79 Å². The summed E-state index contributed by atoms with van der Waals surface area (Å²) >= 11 is 0. The van der Waals surface area contributed by atoms with Gasteiger partial charge in [0.15, 0.2) is 5.84 Å². The molecular weight excluding hydrogens is 240 g/mol. The van der Waals surface area contributed by atoms with Gasteiger partial charge >= 0.3 is 0 Å². The summed E-state index contributed by atoms with van der Waals surface area (Å²) in [6.45, 7) is 2.05. The highest BCUT2D eigenvalue weighted by atomic mass is 16.2. The third-order valence-corrected chi connectivity index (χ3v) is 3.24. The number of fused-ring (bicyclic) bond motifs is 1. The quantitative estimate of drug-likeness (QED) is 0.758. The molecule has 1 amide bonds. The second kappa shape index (κ2) is 5.14. The molecule has 0 spiro atoms. The van der Waals surface area contributed by atoms with Gasteiger partial charge in [0.25, 0.3) is 5.91 Å². The van der Waals surface area contributed by atoms with Crippen LogP contribution >= 0.6 is 0 Å². The van der Waals surface area contributed by atoms with Crippen molar-refractivity contribution in [3.05, 3.63) is 36.0 Å². The first-order valence-corrected chi connectivity index (χ1v) is 6.46. The van der Waals surface area contributed by atoms with Crippen molar-refractivity contribution in [3.8, 4) is 0 Å². The number of hydrogen-bond acceptors (Lipinski definition) is 3. The van der Waals surface area contributed by atoms with Crippen molar-refractivity contribution in [2.75, 3.05) is 19.6 Å². The van der Waals surface area contributed by atoms with Crippen molar-refractivity contribution in [2.45, 2.75) is 6.42 Å². The molecule has 1 aromatic carbocycles. The van der Waals surface area contributed by atoms with Crippen molar-refractivity contribution in [1.82, 2.24) is 15.6 Å². The first kappa shape index (κ1) is 11.8. The van der Waals surface area contributed by atoms with Crippen LogP contribution in [0.4, 0.5) is 0 Å². The maximum atomic E-state index is 11.7. The average Bonchev–Trinajstić information content (AvgIpc) is 3.08. The van der Waals surface area contributed by atoms with Crippen LogP contribution in [0.3, 0.4) is 0 Å². The molecule has 0 fully saturated rings. The molecule has 2 heterocycles. The second-order valence-electron chi connectivity index (χ2n) is 4.52. The number of aliphatic imine (C=N–C) groups is 1. The Morgan fingerprint density at radius 1 is 1.37 bits per heavy atom. The third-order valence-electron chi connectivity index (χ3n) is 3.24. The predicted molar refractivity (Wildman–Crippen MR) is 75.3 cm³/mol. The van der Waals surface area contributed by atoms with Crippen LogP contribution in [0.15, 0.2) is 35.5 Å². The molecule has 0 atom stereocenters. The summed E-state index contributed by atoms with van der Waals surface area (Å²) in [5, 5.41) is 7.06. The zero-order valence-electron chi connectivity index (χ0n) is 10.6. The number of aromatic nitrogens is 1. The monoisotopic (exact) mass is 256 g/mol. The summed E-state index contributed by atoms with van der Waals surface area (Å²) in [7, 11) is 0. The molecule has 1 aliphatic rings. The minimum absolute atomic E-state index is 0.114. The molecule has 3 rings (SSSR count). The maximum absolute atomic E-state index is 11.7. The topological polar surface area (TPSA) is 69.3 Å². The van der Waals surface area contributed by atoms with Crippen LogP contribution in [-0.4, -0.2) is 36.4 Å². The van der Waals surface area contributed by atoms with Gasteiger partial charge in [-0.15, -0.1) is 0 Å². The van der Waals surface area contributed by atoms with Crippen LogP contribution in [-0.2, 0) is 11.2 Å². The molecule has 5 nitrogen and oxygen atoms in total. The van der Waals surface area contributed by atoms with Gasteiger partial charge < -0.3 is 15.6 Å². The zero-order valence-corrected chi connectivity index (χ0v) is 10.6. The summed E-state index contributed by atoms with van der Waals surface area (Å²) in [6.07, 6.45) is 2.81. The SMILES string of the molecule is O=C(NCCc1c[nH]c2ccccc12)C1=NCCN1. The van der Waals surface area contributed by atoms with E-state index < -0.39 is 0 Å². The predicted octanol–water partition coefficient (Wildman–Crippen LogP) is 0.828. The van der Waals surface area contributed by atoms with Gasteiger partial charge in [-0.1, -0.05) is 18.2 Å². The highest BCUT2D eigenvalue weighted by Crippen LogP contribution is 2.17. The second-order valence-corrected chi connectivity index (χ2v) is 4.52. The molecule has 0 unspecified atom stereocenters. The number of aromatic amines is 1. The van der Waals surface area contributed by atoms with E-state index in [0.717, 1.165) is 18.5 Å². The Kier molecular flexibility index (Phi) is 3.18. The van der Waals surface area contributed by atoms with Gasteiger partial charge in [0.1, 0.15) is 0 Å². The summed E-state index contributed by atoms with van der Waals surface area (Å²) in [4.78, 5) is 19.0. The number of amides is 1. The lowest BCUT2D eigenvalue weighted by Gasteiger charge is -2.04. The van der Waals surface area contributed by atoms with E-state index in [1.807, 2.05) is 18.3 Å². The third kappa shape index (κ3) is 2.45. The smallest absolute Gasteiger partial charge is 0.286 e. The standard InChI is InChI=1S/C14H16N4O/c19-14(13-15-7-8-16-13)17-6-5-10-9-18-12-4-2-1-3-11(10)12/h1-4,9,18H,5-8H2,(H,15,16)(H,17,19). The number of rotatable bonds is 4. The van der Waals surface area contributed by atoms with Crippen LogP contribution in [0.2, 0.25) is 0 Å². The molecule has 98 valence electrons. The number of carbonyl (C=O) groups is 1. The first-order chi connectivity index (χ1) is 9.34. The van der Waals surface area contributed by atoms with Crippen LogP contribution < -0.4 is 10.6 Å². The van der Waals surface area contributed by atoms with Crippen molar-refractivity contribution < 1.29 is 4.79 Å². The average molecular weight is 256 g/mol. The van der Waals surface area contributed by atoms with Gasteiger partial charge in [-0.25, -0.2) is 0 Å². The molecule has 1 aromatic heterocycles. The molecule has 0 radical (unpaired) electrons. The Labute approximate surface area is 111 Å². The first-order valence-electron chi connectivity index (χ1n) is 6.46. The van der Waals surface area contributed by atoms with Crippen LogP contribution in [0.5, 0.6) is 0 Å². The molecule has 5 heteroatoms. The van der Waals surface area contributed by atoms with Crippen LogP contribution in [0.25, 0.3) is 10.9 Å². The van der Waals surface area contributed by atoms with Gasteiger partial charge in [0, 0.05) is 30.2 Å². The number of hydrogen-bond donors (Lipinski definition) is 3. The molecule has 0 bridgehead atoms. The number of nitrogens with one attached hydrogen (secondary N) is 3. The Morgan fingerprint density at radius 2 is 2.26 bits per heavy atom. The number of carbonyl (C=O) groups excluding carboxylic acids is 1. The number of amidine groups is 1. The van der Waals surface area contributed by atoms with Crippen molar-refractivity contribution in [2.24, 2.45) is 4.99 Å². The summed E-state index contributed by atoms with van der Waals surface area (Å²) in [6, 6.07) is 8.17. The van der Waals surface area contributed by atoms with Crippen molar-refractivity contribution >= 4 is 22.6 Å². The minimum Gasteiger partial charge on any atom is -0.364 e. The van der Waals surface area contributed by atoms with Crippen LogP contribution in [0.1, 0.15) is 5.56 Å². The van der Waals surface area contributed by atoms with Crippen molar-refractivity contribution in [1.29, 1.82) is 0 Å². The molecule has 3 N–H and O–H groups in total. The zero-order chi connectivity index (χ0) is 13.1. The Balaban J connectivity index is 1.59. The Hall–Kier alpha value is -2.30. The molecule has 0 aliphatic carbocycles. The molecule has 1 aliphatic heterocycles. The van der Waals surface area contributed by atoms with Gasteiger partial charge in [0.2, 0.25) is 0 Å². The lowest BCUT2D eigenvalue weighted by Crippen LogP contribution is -2.38. The molecule has 2 aromatic rings. The number of H-pyrrole nitrogens is 1. The highest BCUT2D eigenvalue weighted by molar-refractivity contribution is 6.38. The molecule has 0 saturated heterocycles. The fraction of sp³-hybridized carbons (Fsp3) is 0.286. The van der Waals surface area contributed by atoms with E-state index in [-0.39, 0.29) is 5.91 Å². The van der Waals surface area contributed by atoms with Crippen molar-refractivity contribution in [3.63, 3.8) is 0 Å². The summed E-state index contributed by atoms with van der Waals surface area (Å²) < 4.78 is 0. The molecular formula is C14H16N4O. The number of nitrogens with zero attached hydrogens (tertiary/aromatic N) is 1. The minimum atomic E-state index is -0.114. The number of benzene rings is 1. The largest absolute Gasteiger partial charge is 0.364 e. The van der Waals surface area contributed by atoms with E-state index in [1.54, 1.807) is 0 Å². The highest BCUT2D eigenvalue weighted by Gasteiger charge is 2.13. The van der Waals surface area contributed by atoms with Crippen LogP contribution in [0, 0.1) is 0 Å². The summed E-state index contributed by atoms with van der Waals surface area (Å²) in [5.74, 6) is 0.344. The Morgan fingerprint density at radius 3 is 3.11 bits per heavy atom. The molecule has 19 heavy (non-hydrogen) atoms. The lowest BCUT2D eigenvalue weighted by molar-refractivity contribution is -0.114. The van der Waals surface area contributed by atoms with Gasteiger partial charge in [0.05, 0.1) is 6.54 Å². The van der Waals surface area contributed by atoms with E-state index in [4.69, 9.17) is 0 Å². The maximum Gasteiger partial charge on any atom is 0.286 e. The fourth-order valence-corrected chi connectivity index (χ4v) is 2.28. The Bertz CT molecular complexity index is 629. The van der Waals surface area contributed by atoms with Gasteiger partial charge in [-0.2, -0.15) is 0 Å². The van der Waals surface area contributed by atoms with E-state index >= 15 is 0 Å². The lowest BCUT2D eigenvalue weighted by atomic mass is 10.1.